The summed E-state index contributed by atoms with van der Waals surface area (Å²) in [5.74, 6) is -0.179. The lowest BCUT2D eigenvalue weighted by molar-refractivity contribution is 0.0843. The molecule has 0 aliphatic heterocycles. The molecule has 0 aliphatic carbocycles. The van der Waals surface area contributed by atoms with Crippen LogP contribution in [0.3, 0.4) is 0 Å². The van der Waals surface area contributed by atoms with Crippen LogP contribution in [0.2, 0.25) is 0 Å². The van der Waals surface area contributed by atoms with E-state index in [4.69, 9.17) is 4.74 Å². The van der Waals surface area contributed by atoms with Crippen LogP contribution in [0.5, 0.6) is 5.75 Å². The summed E-state index contributed by atoms with van der Waals surface area (Å²) in [5, 5.41) is 4.95. The molecule has 0 spiro atoms. The maximum Gasteiger partial charge on any atom is 0.290 e. The van der Waals surface area contributed by atoms with Gasteiger partial charge in [-0.25, -0.2) is 4.68 Å². The zero-order valence-electron chi connectivity index (χ0n) is 17.1. The Morgan fingerprint density at radius 3 is 2.43 bits per heavy atom. The van der Waals surface area contributed by atoms with Gasteiger partial charge in [-0.1, -0.05) is 38.1 Å². The molecule has 3 aromatic rings. The first kappa shape index (κ1) is 21.0. The van der Waals surface area contributed by atoms with Crippen molar-refractivity contribution in [2.45, 2.75) is 27.3 Å². The third kappa shape index (κ3) is 4.65. The van der Waals surface area contributed by atoms with E-state index in [2.05, 4.69) is 16.0 Å². The van der Waals surface area contributed by atoms with Crippen molar-refractivity contribution in [3.8, 4) is 5.75 Å². The topological polar surface area (TPSA) is 102 Å². The molecule has 0 bridgehead atoms. The molecule has 2 amide bonds. The quantitative estimate of drug-likeness (QED) is 0.610. The number of benzene rings is 2. The van der Waals surface area contributed by atoms with Crippen LogP contribution in [0.4, 0.5) is 0 Å². The van der Waals surface area contributed by atoms with Gasteiger partial charge < -0.3 is 4.74 Å². The van der Waals surface area contributed by atoms with Crippen molar-refractivity contribution in [1.29, 1.82) is 0 Å². The summed E-state index contributed by atoms with van der Waals surface area (Å²) in [5.41, 5.74) is 4.88. The highest BCUT2D eigenvalue weighted by Gasteiger charge is 2.17. The number of hydrogen-bond acceptors (Lipinski definition) is 5. The number of hydrogen-bond donors (Lipinski definition) is 2. The molecule has 0 saturated heterocycles. The maximum absolute atomic E-state index is 12.7. The SMILES string of the molecule is CCn1nc(C(=O)NNC(=O)c2cccc(OCC(C)C)c2)c2ccccc2c1=O. The Balaban J connectivity index is 1.76. The number of aromatic nitrogens is 2. The Morgan fingerprint density at radius 2 is 1.73 bits per heavy atom. The van der Waals surface area contributed by atoms with Gasteiger partial charge in [0.2, 0.25) is 0 Å². The Labute approximate surface area is 173 Å². The molecule has 1 aromatic heterocycles. The van der Waals surface area contributed by atoms with E-state index in [1.807, 2.05) is 13.8 Å². The van der Waals surface area contributed by atoms with Crippen molar-refractivity contribution < 1.29 is 14.3 Å². The van der Waals surface area contributed by atoms with Gasteiger partial charge in [0, 0.05) is 17.5 Å². The standard InChI is InChI=1S/C22H24N4O4/c1-4-26-22(29)18-11-6-5-10-17(18)19(25-26)21(28)24-23-20(27)15-8-7-9-16(12-15)30-13-14(2)3/h5-12,14H,4,13H2,1-3H3,(H,23,27)(H,24,28). The molecule has 1 heterocycles. The molecule has 3 rings (SSSR count). The van der Waals surface area contributed by atoms with E-state index in [9.17, 15) is 14.4 Å². The van der Waals surface area contributed by atoms with Crippen LogP contribution in [-0.2, 0) is 6.54 Å². The number of ether oxygens (including phenoxy) is 1. The van der Waals surface area contributed by atoms with E-state index in [1.165, 1.54) is 4.68 Å². The molecule has 156 valence electrons. The number of amides is 2. The van der Waals surface area contributed by atoms with Gasteiger partial charge in [-0.05, 0) is 37.1 Å². The smallest absolute Gasteiger partial charge is 0.290 e. The van der Waals surface area contributed by atoms with Crippen LogP contribution in [0, 0.1) is 5.92 Å². The van der Waals surface area contributed by atoms with Gasteiger partial charge in [0.05, 0.1) is 12.0 Å². The number of carbonyl (C=O) groups excluding carboxylic acids is 2. The maximum atomic E-state index is 12.7. The third-order valence-electron chi connectivity index (χ3n) is 4.35. The first-order valence-corrected chi connectivity index (χ1v) is 9.74. The lowest BCUT2D eigenvalue weighted by Crippen LogP contribution is -2.42. The zero-order chi connectivity index (χ0) is 21.7. The summed E-state index contributed by atoms with van der Waals surface area (Å²) in [4.78, 5) is 37.5. The lowest BCUT2D eigenvalue weighted by atomic mass is 10.1. The molecule has 2 N–H and O–H groups in total. The summed E-state index contributed by atoms with van der Waals surface area (Å²) < 4.78 is 6.85. The number of nitrogens with one attached hydrogen (secondary N) is 2. The molecule has 8 nitrogen and oxygen atoms in total. The molecular weight excluding hydrogens is 384 g/mol. The van der Waals surface area contributed by atoms with E-state index >= 15 is 0 Å². The van der Waals surface area contributed by atoms with E-state index in [0.717, 1.165) is 0 Å². The fourth-order valence-corrected chi connectivity index (χ4v) is 2.85. The lowest BCUT2D eigenvalue weighted by Gasteiger charge is -2.12. The zero-order valence-corrected chi connectivity index (χ0v) is 17.1. The Hall–Kier alpha value is -3.68. The molecule has 0 unspecified atom stereocenters. The van der Waals surface area contributed by atoms with Gasteiger partial charge >= 0.3 is 0 Å². The van der Waals surface area contributed by atoms with Crippen LogP contribution in [-0.4, -0.2) is 28.2 Å². The Bertz CT molecular complexity index is 1140. The number of aryl methyl sites for hydroxylation is 1. The summed E-state index contributed by atoms with van der Waals surface area (Å²) >= 11 is 0. The number of rotatable bonds is 6. The summed E-state index contributed by atoms with van der Waals surface area (Å²) in [6.45, 7) is 6.69. The highest BCUT2D eigenvalue weighted by atomic mass is 16.5. The van der Waals surface area contributed by atoms with Crippen molar-refractivity contribution in [2.24, 2.45) is 5.92 Å². The number of fused-ring (bicyclic) bond motifs is 1. The van der Waals surface area contributed by atoms with E-state index < -0.39 is 11.8 Å². The van der Waals surface area contributed by atoms with Gasteiger partial charge in [0.1, 0.15) is 5.75 Å². The van der Waals surface area contributed by atoms with Gasteiger partial charge in [-0.2, -0.15) is 5.10 Å². The second-order valence-electron chi connectivity index (χ2n) is 7.16. The summed E-state index contributed by atoms with van der Waals surface area (Å²) in [6, 6.07) is 13.4. The number of nitrogens with zero attached hydrogens (tertiary/aromatic N) is 2. The molecule has 0 fully saturated rings. The number of hydrazine groups is 1. The van der Waals surface area contributed by atoms with Gasteiger partial charge in [0.25, 0.3) is 17.4 Å². The second kappa shape index (κ2) is 9.21. The predicted octanol–water partition coefficient (Wildman–Crippen LogP) is 2.53. The first-order valence-electron chi connectivity index (χ1n) is 9.74. The van der Waals surface area contributed by atoms with Crippen LogP contribution in [0.1, 0.15) is 41.6 Å². The molecule has 0 aliphatic rings. The summed E-state index contributed by atoms with van der Waals surface area (Å²) in [7, 11) is 0. The monoisotopic (exact) mass is 408 g/mol. The van der Waals surface area contributed by atoms with E-state index in [0.29, 0.717) is 41.2 Å². The fraction of sp³-hybridized carbons (Fsp3) is 0.273. The molecule has 0 radical (unpaired) electrons. The van der Waals surface area contributed by atoms with Crippen molar-refractivity contribution in [3.63, 3.8) is 0 Å². The van der Waals surface area contributed by atoms with Crippen LogP contribution in [0.15, 0.2) is 53.3 Å². The van der Waals surface area contributed by atoms with E-state index in [-0.39, 0.29) is 11.3 Å². The minimum Gasteiger partial charge on any atom is -0.493 e. The Morgan fingerprint density at radius 1 is 1.03 bits per heavy atom. The van der Waals surface area contributed by atoms with Gasteiger partial charge in [0.15, 0.2) is 5.69 Å². The average Bonchev–Trinajstić information content (AvgIpc) is 2.76. The average molecular weight is 408 g/mol. The number of carbonyl (C=O) groups is 2. The predicted molar refractivity (Wildman–Crippen MR) is 113 cm³/mol. The second-order valence-corrected chi connectivity index (χ2v) is 7.16. The highest BCUT2D eigenvalue weighted by Crippen LogP contribution is 2.15. The van der Waals surface area contributed by atoms with Crippen molar-refractivity contribution >= 4 is 22.6 Å². The Kier molecular flexibility index (Phi) is 6.46. The normalized spacial score (nSPS) is 10.8. The highest BCUT2D eigenvalue weighted by molar-refractivity contribution is 6.06. The minimum atomic E-state index is -0.617. The van der Waals surface area contributed by atoms with Crippen molar-refractivity contribution in [2.75, 3.05) is 6.61 Å². The largest absolute Gasteiger partial charge is 0.493 e. The van der Waals surface area contributed by atoms with Crippen LogP contribution in [0.25, 0.3) is 10.8 Å². The van der Waals surface area contributed by atoms with E-state index in [1.54, 1.807) is 55.5 Å². The molecule has 0 atom stereocenters. The molecule has 0 saturated carbocycles. The fourth-order valence-electron chi connectivity index (χ4n) is 2.85. The van der Waals surface area contributed by atoms with Crippen molar-refractivity contribution in [3.05, 3.63) is 70.1 Å². The van der Waals surface area contributed by atoms with Crippen molar-refractivity contribution in [1.82, 2.24) is 20.6 Å². The molecule has 30 heavy (non-hydrogen) atoms. The van der Waals surface area contributed by atoms with Crippen LogP contribution < -0.4 is 21.1 Å². The van der Waals surface area contributed by atoms with Gasteiger partial charge in [-0.15, -0.1) is 0 Å². The molecular formula is C22H24N4O4. The summed E-state index contributed by atoms with van der Waals surface area (Å²) in [6.07, 6.45) is 0. The minimum absolute atomic E-state index is 0.0568. The van der Waals surface area contributed by atoms with Gasteiger partial charge in [-0.3, -0.25) is 25.2 Å². The molecule has 8 heteroatoms. The molecule has 2 aromatic carbocycles. The first-order chi connectivity index (χ1) is 14.4. The van der Waals surface area contributed by atoms with Crippen LogP contribution >= 0.6 is 0 Å². The third-order valence-corrected chi connectivity index (χ3v) is 4.35.